The number of sulfone groups is 1. The predicted octanol–water partition coefficient (Wildman–Crippen LogP) is 0.772. The van der Waals surface area contributed by atoms with Crippen molar-refractivity contribution in [3.05, 3.63) is 29.8 Å². The largest absolute Gasteiger partial charge is 0.342 e. The number of hydrogen-bond donors (Lipinski definition) is 1. The Bertz CT molecular complexity index is 541. The van der Waals surface area contributed by atoms with Crippen LogP contribution in [0.15, 0.2) is 29.2 Å². The molecule has 0 fully saturated rings. The monoisotopic (exact) mass is 284 g/mol. The molecular weight excluding hydrogens is 264 g/mol. The third kappa shape index (κ3) is 4.65. The Morgan fingerprint density at radius 3 is 2.63 bits per heavy atom. The molecule has 1 amide bonds. The van der Waals surface area contributed by atoms with Crippen LogP contribution in [0, 0.1) is 0 Å². The molecule has 0 bridgehead atoms. The van der Waals surface area contributed by atoms with Crippen molar-refractivity contribution >= 4 is 15.7 Å². The molecule has 6 heteroatoms. The van der Waals surface area contributed by atoms with E-state index in [1.165, 1.54) is 12.1 Å². The second-order valence-electron chi connectivity index (χ2n) is 4.48. The molecule has 0 aliphatic carbocycles. The standard InChI is InChI=1S/C13H20N2O3S/c1-14-8-5-9-15(2)13(16)11-6-4-7-12(10-11)19(3,17)18/h4,6-7,10,14H,5,8-9H2,1-3H3. The summed E-state index contributed by atoms with van der Waals surface area (Å²) in [4.78, 5) is 13.9. The van der Waals surface area contributed by atoms with Crippen molar-refractivity contribution < 1.29 is 13.2 Å². The number of nitrogens with one attached hydrogen (secondary N) is 1. The van der Waals surface area contributed by atoms with E-state index in [1.54, 1.807) is 24.1 Å². The van der Waals surface area contributed by atoms with Crippen LogP contribution in [-0.2, 0) is 9.84 Å². The van der Waals surface area contributed by atoms with Crippen LogP contribution in [0.4, 0.5) is 0 Å². The minimum absolute atomic E-state index is 0.165. The topological polar surface area (TPSA) is 66.5 Å². The van der Waals surface area contributed by atoms with Crippen molar-refractivity contribution in [3.8, 4) is 0 Å². The molecule has 106 valence electrons. The van der Waals surface area contributed by atoms with Gasteiger partial charge in [-0.15, -0.1) is 0 Å². The summed E-state index contributed by atoms with van der Waals surface area (Å²) in [7, 11) is 0.286. The molecule has 0 aliphatic heterocycles. The third-order valence-electron chi connectivity index (χ3n) is 2.78. The van der Waals surface area contributed by atoms with Crippen LogP contribution in [0.2, 0.25) is 0 Å². The Hall–Kier alpha value is -1.40. The molecule has 5 nitrogen and oxygen atoms in total. The molecule has 1 rings (SSSR count). The number of carbonyl (C=O) groups is 1. The highest BCUT2D eigenvalue weighted by atomic mass is 32.2. The summed E-state index contributed by atoms with van der Waals surface area (Å²) in [5.74, 6) is -0.165. The Kier molecular flexibility index (Phi) is 5.50. The maximum absolute atomic E-state index is 12.1. The van der Waals surface area contributed by atoms with E-state index in [9.17, 15) is 13.2 Å². The van der Waals surface area contributed by atoms with Crippen molar-refractivity contribution in [1.82, 2.24) is 10.2 Å². The molecule has 19 heavy (non-hydrogen) atoms. The SMILES string of the molecule is CNCCCN(C)C(=O)c1cccc(S(C)(=O)=O)c1. The summed E-state index contributed by atoms with van der Waals surface area (Å²) < 4.78 is 22.9. The second-order valence-corrected chi connectivity index (χ2v) is 6.50. The smallest absolute Gasteiger partial charge is 0.253 e. The highest BCUT2D eigenvalue weighted by Gasteiger charge is 2.14. The zero-order chi connectivity index (χ0) is 14.5. The number of carbonyl (C=O) groups excluding carboxylic acids is 1. The van der Waals surface area contributed by atoms with Crippen molar-refractivity contribution in [2.24, 2.45) is 0 Å². The highest BCUT2D eigenvalue weighted by Crippen LogP contribution is 2.12. The van der Waals surface area contributed by atoms with E-state index >= 15 is 0 Å². The van der Waals surface area contributed by atoms with Gasteiger partial charge in [0.05, 0.1) is 4.90 Å². The average molecular weight is 284 g/mol. The van der Waals surface area contributed by atoms with Crippen LogP contribution >= 0.6 is 0 Å². The minimum atomic E-state index is -3.29. The molecule has 0 atom stereocenters. The first kappa shape index (κ1) is 15.7. The van der Waals surface area contributed by atoms with Gasteiger partial charge in [0.15, 0.2) is 9.84 Å². The molecule has 0 aromatic heterocycles. The van der Waals surface area contributed by atoms with E-state index in [-0.39, 0.29) is 10.8 Å². The van der Waals surface area contributed by atoms with Gasteiger partial charge in [-0.25, -0.2) is 8.42 Å². The maximum atomic E-state index is 12.1. The summed E-state index contributed by atoms with van der Waals surface area (Å²) in [5.41, 5.74) is 0.398. The van der Waals surface area contributed by atoms with E-state index < -0.39 is 9.84 Å². The fraction of sp³-hybridized carbons (Fsp3) is 0.462. The first-order chi connectivity index (χ1) is 8.86. The summed E-state index contributed by atoms with van der Waals surface area (Å²) in [6.07, 6.45) is 1.98. The second kappa shape index (κ2) is 6.68. The van der Waals surface area contributed by atoms with Crippen molar-refractivity contribution in [2.45, 2.75) is 11.3 Å². The number of hydrogen-bond acceptors (Lipinski definition) is 4. The fourth-order valence-electron chi connectivity index (χ4n) is 1.67. The van der Waals surface area contributed by atoms with Crippen molar-refractivity contribution in [3.63, 3.8) is 0 Å². The van der Waals surface area contributed by atoms with Gasteiger partial charge >= 0.3 is 0 Å². The minimum Gasteiger partial charge on any atom is -0.342 e. The van der Waals surface area contributed by atoms with Gasteiger partial charge in [-0.05, 0) is 38.2 Å². The molecule has 0 saturated carbocycles. The van der Waals surface area contributed by atoms with E-state index in [0.29, 0.717) is 12.1 Å². The first-order valence-corrected chi connectivity index (χ1v) is 7.95. The molecule has 0 spiro atoms. The van der Waals surface area contributed by atoms with Gasteiger partial charge in [0, 0.05) is 25.4 Å². The van der Waals surface area contributed by atoms with Crippen LogP contribution in [0.25, 0.3) is 0 Å². The van der Waals surface area contributed by atoms with Gasteiger partial charge in [0.1, 0.15) is 0 Å². The Morgan fingerprint density at radius 2 is 2.05 bits per heavy atom. The van der Waals surface area contributed by atoms with E-state index in [0.717, 1.165) is 19.2 Å². The van der Waals surface area contributed by atoms with Crippen LogP contribution in [0.5, 0.6) is 0 Å². The van der Waals surface area contributed by atoms with Gasteiger partial charge in [0.25, 0.3) is 5.91 Å². The fourth-order valence-corrected chi connectivity index (χ4v) is 2.34. The lowest BCUT2D eigenvalue weighted by molar-refractivity contribution is 0.0793. The summed E-state index contributed by atoms with van der Waals surface area (Å²) >= 11 is 0. The lowest BCUT2D eigenvalue weighted by Crippen LogP contribution is -2.29. The van der Waals surface area contributed by atoms with Gasteiger partial charge in [0.2, 0.25) is 0 Å². The summed E-state index contributed by atoms with van der Waals surface area (Å²) in [6.45, 7) is 1.46. The Morgan fingerprint density at radius 1 is 1.37 bits per heavy atom. The molecule has 0 aliphatic rings. The number of amides is 1. The van der Waals surface area contributed by atoms with Crippen LogP contribution < -0.4 is 5.32 Å². The maximum Gasteiger partial charge on any atom is 0.253 e. The van der Waals surface area contributed by atoms with Gasteiger partial charge < -0.3 is 10.2 Å². The van der Waals surface area contributed by atoms with Gasteiger partial charge in [-0.2, -0.15) is 0 Å². The molecule has 1 aromatic rings. The molecule has 0 radical (unpaired) electrons. The molecular formula is C13H20N2O3S. The first-order valence-electron chi connectivity index (χ1n) is 6.06. The lowest BCUT2D eigenvalue weighted by Gasteiger charge is -2.17. The molecule has 1 N–H and O–H groups in total. The lowest BCUT2D eigenvalue weighted by atomic mass is 10.2. The van der Waals surface area contributed by atoms with Gasteiger partial charge in [-0.3, -0.25) is 4.79 Å². The average Bonchev–Trinajstić information content (AvgIpc) is 2.37. The van der Waals surface area contributed by atoms with Crippen LogP contribution in [0.3, 0.4) is 0 Å². The molecule has 0 saturated heterocycles. The highest BCUT2D eigenvalue weighted by molar-refractivity contribution is 7.90. The molecule has 0 unspecified atom stereocenters. The summed E-state index contributed by atoms with van der Waals surface area (Å²) in [6, 6.07) is 6.13. The molecule has 1 aromatic carbocycles. The Balaban J connectivity index is 2.82. The zero-order valence-electron chi connectivity index (χ0n) is 11.5. The van der Waals surface area contributed by atoms with Crippen LogP contribution in [-0.4, -0.2) is 52.7 Å². The van der Waals surface area contributed by atoms with E-state index in [2.05, 4.69) is 5.32 Å². The molecule has 0 heterocycles. The summed E-state index contributed by atoms with van der Waals surface area (Å²) in [5, 5.41) is 3.01. The van der Waals surface area contributed by atoms with Crippen LogP contribution in [0.1, 0.15) is 16.8 Å². The number of nitrogens with zero attached hydrogens (tertiary/aromatic N) is 1. The number of rotatable bonds is 6. The van der Waals surface area contributed by atoms with E-state index in [4.69, 9.17) is 0 Å². The predicted molar refractivity (Wildman–Crippen MR) is 75.1 cm³/mol. The third-order valence-corrected chi connectivity index (χ3v) is 3.89. The van der Waals surface area contributed by atoms with Crippen molar-refractivity contribution in [2.75, 3.05) is 33.4 Å². The zero-order valence-corrected chi connectivity index (χ0v) is 12.3. The normalized spacial score (nSPS) is 11.3. The van der Waals surface area contributed by atoms with Crippen molar-refractivity contribution in [1.29, 1.82) is 0 Å². The quantitative estimate of drug-likeness (QED) is 0.784. The van der Waals surface area contributed by atoms with E-state index in [1.807, 2.05) is 7.05 Å². The Labute approximate surface area is 114 Å². The number of benzene rings is 1. The van der Waals surface area contributed by atoms with Gasteiger partial charge in [-0.1, -0.05) is 6.07 Å².